The largest absolute Gasteiger partial charge is 0.374 e. The van der Waals surface area contributed by atoms with Crippen molar-refractivity contribution in [2.24, 2.45) is 0 Å². The van der Waals surface area contributed by atoms with Crippen molar-refractivity contribution in [3.63, 3.8) is 0 Å². The number of aliphatic hydroxyl groups excluding tert-OH is 1. The number of aliphatic hydroxyl groups is 1. The van der Waals surface area contributed by atoms with Gasteiger partial charge in [-0.15, -0.1) is 12.6 Å². The number of rotatable bonds is 2. The smallest absolute Gasteiger partial charge is 0.121 e. The number of anilines is 1. The number of benzene rings is 1. The van der Waals surface area contributed by atoms with Crippen molar-refractivity contribution < 1.29 is 5.11 Å². The summed E-state index contributed by atoms with van der Waals surface area (Å²) in [4.78, 5) is 0.841. The summed E-state index contributed by atoms with van der Waals surface area (Å²) in [5.41, 5.74) is 0.853. The van der Waals surface area contributed by atoms with Crippen LogP contribution in [0.5, 0.6) is 0 Å². The Kier molecular flexibility index (Phi) is 2.79. The zero-order valence-corrected chi connectivity index (χ0v) is 7.18. The van der Waals surface area contributed by atoms with E-state index >= 15 is 0 Å². The van der Waals surface area contributed by atoms with Crippen molar-refractivity contribution in [2.45, 2.75) is 18.0 Å². The summed E-state index contributed by atoms with van der Waals surface area (Å²) in [6.07, 6.45) is -0.539. The van der Waals surface area contributed by atoms with Gasteiger partial charge >= 0.3 is 0 Å². The lowest BCUT2D eigenvalue weighted by Gasteiger charge is -2.10. The maximum atomic E-state index is 8.99. The van der Waals surface area contributed by atoms with Crippen LogP contribution in [0.3, 0.4) is 0 Å². The van der Waals surface area contributed by atoms with E-state index in [0.29, 0.717) is 0 Å². The number of nitrogens with one attached hydrogen (secondary N) is 1. The van der Waals surface area contributed by atoms with Gasteiger partial charge in [-0.05, 0) is 19.1 Å². The molecular formula is C8H11NOS. The summed E-state index contributed by atoms with van der Waals surface area (Å²) in [5, 5.41) is 11.8. The summed E-state index contributed by atoms with van der Waals surface area (Å²) < 4.78 is 0. The molecule has 0 amide bonds. The summed E-state index contributed by atoms with van der Waals surface area (Å²) in [6, 6.07) is 7.53. The topological polar surface area (TPSA) is 32.3 Å². The van der Waals surface area contributed by atoms with Gasteiger partial charge in [0, 0.05) is 10.6 Å². The Bertz CT molecular complexity index is 237. The minimum atomic E-state index is -0.539. The van der Waals surface area contributed by atoms with Crippen molar-refractivity contribution in [1.29, 1.82) is 0 Å². The highest BCUT2D eigenvalue weighted by Crippen LogP contribution is 2.18. The monoisotopic (exact) mass is 169 g/mol. The van der Waals surface area contributed by atoms with Crippen LogP contribution in [0.1, 0.15) is 6.92 Å². The molecule has 0 aromatic heterocycles. The van der Waals surface area contributed by atoms with Crippen LogP contribution in [0.4, 0.5) is 5.69 Å². The van der Waals surface area contributed by atoms with Gasteiger partial charge in [0.2, 0.25) is 0 Å². The standard InChI is InChI=1S/C8H11NOS/c1-6(10)9-7-4-2-3-5-8(7)11/h2-6,9-11H,1H3. The molecule has 1 aromatic carbocycles. The second-order valence-electron chi connectivity index (χ2n) is 2.34. The lowest BCUT2D eigenvalue weighted by Crippen LogP contribution is -2.13. The highest BCUT2D eigenvalue weighted by atomic mass is 32.1. The molecule has 0 radical (unpaired) electrons. The van der Waals surface area contributed by atoms with Gasteiger partial charge in [0.05, 0.1) is 0 Å². The van der Waals surface area contributed by atoms with E-state index in [9.17, 15) is 0 Å². The van der Waals surface area contributed by atoms with Gasteiger partial charge in [0.25, 0.3) is 0 Å². The van der Waals surface area contributed by atoms with Gasteiger partial charge in [-0.25, -0.2) is 0 Å². The average Bonchev–Trinajstić information content (AvgIpc) is 1.93. The van der Waals surface area contributed by atoms with E-state index in [4.69, 9.17) is 5.11 Å². The fourth-order valence-corrected chi connectivity index (χ4v) is 1.05. The predicted molar refractivity (Wildman–Crippen MR) is 49.0 cm³/mol. The van der Waals surface area contributed by atoms with Crippen LogP contribution in [0, 0.1) is 0 Å². The second-order valence-corrected chi connectivity index (χ2v) is 2.82. The van der Waals surface area contributed by atoms with Gasteiger partial charge in [-0.2, -0.15) is 0 Å². The zero-order chi connectivity index (χ0) is 8.27. The van der Waals surface area contributed by atoms with Crippen LogP contribution in [-0.2, 0) is 0 Å². The van der Waals surface area contributed by atoms with Crippen molar-refractivity contribution >= 4 is 18.3 Å². The molecule has 1 rings (SSSR count). The first-order valence-electron chi connectivity index (χ1n) is 3.43. The number of para-hydroxylation sites is 1. The van der Waals surface area contributed by atoms with Crippen molar-refractivity contribution in [3.8, 4) is 0 Å². The molecule has 1 atom stereocenters. The highest BCUT2D eigenvalue weighted by Gasteiger charge is 1.98. The first kappa shape index (κ1) is 8.43. The molecule has 0 spiro atoms. The molecule has 0 saturated heterocycles. The minimum Gasteiger partial charge on any atom is -0.374 e. The molecule has 2 N–H and O–H groups in total. The van der Waals surface area contributed by atoms with Crippen molar-refractivity contribution in [2.75, 3.05) is 5.32 Å². The lowest BCUT2D eigenvalue weighted by molar-refractivity contribution is 0.224. The molecule has 1 aromatic rings. The maximum Gasteiger partial charge on any atom is 0.121 e. The van der Waals surface area contributed by atoms with Crippen molar-refractivity contribution in [3.05, 3.63) is 24.3 Å². The van der Waals surface area contributed by atoms with E-state index in [-0.39, 0.29) is 0 Å². The van der Waals surface area contributed by atoms with Gasteiger partial charge in [0.1, 0.15) is 6.23 Å². The Balaban J connectivity index is 2.78. The number of thiol groups is 1. The lowest BCUT2D eigenvalue weighted by atomic mass is 10.3. The van der Waals surface area contributed by atoms with E-state index in [0.717, 1.165) is 10.6 Å². The van der Waals surface area contributed by atoms with Crippen LogP contribution >= 0.6 is 12.6 Å². The highest BCUT2D eigenvalue weighted by molar-refractivity contribution is 7.80. The predicted octanol–water partition coefficient (Wildman–Crippen LogP) is 1.73. The SMILES string of the molecule is CC(O)Nc1ccccc1S. The summed E-state index contributed by atoms with van der Waals surface area (Å²) in [6.45, 7) is 1.67. The van der Waals surface area contributed by atoms with Gasteiger partial charge in [-0.1, -0.05) is 12.1 Å². The second kappa shape index (κ2) is 3.64. The van der Waals surface area contributed by atoms with Crippen LogP contribution < -0.4 is 5.32 Å². The Morgan fingerprint density at radius 2 is 2.09 bits per heavy atom. The van der Waals surface area contributed by atoms with E-state index in [2.05, 4.69) is 17.9 Å². The van der Waals surface area contributed by atoms with E-state index in [1.807, 2.05) is 24.3 Å². The molecule has 0 aliphatic carbocycles. The summed E-state index contributed by atoms with van der Waals surface area (Å²) >= 11 is 4.20. The minimum absolute atomic E-state index is 0.539. The van der Waals surface area contributed by atoms with Crippen LogP contribution in [0.2, 0.25) is 0 Å². The molecule has 11 heavy (non-hydrogen) atoms. The molecule has 1 unspecified atom stereocenters. The van der Waals surface area contributed by atoms with Gasteiger partial charge in [0.15, 0.2) is 0 Å². The van der Waals surface area contributed by atoms with Crippen LogP contribution in [-0.4, -0.2) is 11.3 Å². The number of hydrogen-bond acceptors (Lipinski definition) is 3. The molecule has 0 heterocycles. The molecule has 60 valence electrons. The van der Waals surface area contributed by atoms with Gasteiger partial charge < -0.3 is 10.4 Å². The summed E-state index contributed by atoms with van der Waals surface area (Å²) in [7, 11) is 0. The Labute approximate surface area is 71.7 Å². The molecule has 0 fully saturated rings. The molecule has 2 nitrogen and oxygen atoms in total. The average molecular weight is 169 g/mol. The van der Waals surface area contributed by atoms with Crippen LogP contribution in [0.25, 0.3) is 0 Å². The zero-order valence-electron chi connectivity index (χ0n) is 6.28. The molecule has 0 saturated carbocycles. The molecule has 0 aliphatic heterocycles. The third kappa shape index (κ3) is 2.44. The van der Waals surface area contributed by atoms with E-state index in [1.54, 1.807) is 6.92 Å². The Morgan fingerprint density at radius 3 is 2.64 bits per heavy atom. The maximum absolute atomic E-state index is 8.99. The third-order valence-corrected chi connectivity index (χ3v) is 1.66. The molecular weight excluding hydrogens is 158 g/mol. The summed E-state index contributed by atoms with van der Waals surface area (Å²) in [5.74, 6) is 0. The van der Waals surface area contributed by atoms with Gasteiger partial charge in [-0.3, -0.25) is 0 Å². The fraction of sp³-hybridized carbons (Fsp3) is 0.250. The quantitative estimate of drug-likeness (QED) is 0.465. The molecule has 3 heteroatoms. The van der Waals surface area contributed by atoms with E-state index < -0.39 is 6.23 Å². The first-order valence-corrected chi connectivity index (χ1v) is 3.87. The fourth-order valence-electron chi connectivity index (χ4n) is 0.821. The third-order valence-electron chi connectivity index (χ3n) is 1.27. The van der Waals surface area contributed by atoms with Crippen molar-refractivity contribution in [1.82, 2.24) is 0 Å². The van der Waals surface area contributed by atoms with E-state index in [1.165, 1.54) is 0 Å². The Morgan fingerprint density at radius 1 is 1.45 bits per heavy atom. The van der Waals surface area contributed by atoms with Crippen LogP contribution in [0.15, 0.2) is 29.2 Å². The Hall–Kier alpha value is -0.670. The molecule has 0 aliphatic rings. The molecule has 0 bridgehead atoms. The first-order chi connectivity index (χ1) is 5.20. The normalized spacial score (nSPS) is 12.6. The number of hydrogen-bond donors (Lipinski definition) is 3.